The average molecular weight is 524 g/mol. The van der Waals surface area contributed by atoms with Gasteiger partial charge in [0, 0.05) is 0 Å². The summed E-state index contributed by atoms with van der Waals surface area (Å²) in [6.07, 6.45) is 8.61. The molecule has 1 amide bonds. The predicted molar refractivity (Wildman–Crippen MR) is 115 cm³/mol. The molecule has 1 heterocycles. The summed E-state index contributed by atoms with van der Waals surface area (Å²) in [4.78, 5) is 14.5. The SMILES string of the molecule is Cc1cc(C23CC4CC(CC(C4)C2)C3)ccc1OCC(=O)N1CC[N+](C)(C)CC1.[I-]. The molecule has 30 heavy (non-hydrogen) atoms. The van der Waals surface area contributed by atoms with Gasteiger partial charge < -0.3 is 38.1 Å². The highest BCUT2D eigenvalue weighted by atomic mass is 127. The van der Waals surface area contributed by atoms with Crippen LogP contribution in [0, 0.1) is 24.7 Å². The summed E-state index contributed by atoms with van der Waals surface area (Å²) in [6, 6.07) is 6.81. The first-order valence-corrected chi connectivity index (χ1v) is 11.7. The Morgan fingerprint density at radius 2 is 1.63 bits per heavy atom. The molecule has 4 bridgehead atoms. The van der Waals surface area contributed by atoms with E-state index in [-0.39, 0.29) is 36.5 Å². The molecule has 0 aromatic heterocycles. The number of hydrogen-bond donors (Lipinski definition) is 0. The van der Waals surface area contributed by atoms with Crippen LogP contribution in [0.3, 0.4) is 0 Å². The van der Waals surface area contributed by atoms with Crippen molar-refractivity contribution in [2.75, 3.05) is 46.9 Å². The van der Waals surface area contributed by atoms with Crippen LogP contribution in [0.15, 0.2) is 18.2 Å². The minimum Gasteiger partial charge on any atom is -1.00 e. The molecule has 0 radical (unpaired) electrons. The topological polar surface area (TPSA) is 29.5 Å². The molecule has 1 aromatic carbocycles. The molecule has 4 nitrogen and oxygen atoms in total. The number of quaternary nitrogens is 1. The molecule has 1 saturated heterocycles. The maximum Gasteiger partial charge on any atom is 0.260 e. The highest BCUT2D eigenvalue weighted by Crippen LogP contribution is 2.60. The van der Waals surface area contributed by atoms with Gasteiger partial charge in [-0.3, -0.25) is 4.79 Å². The fraction of sp³-hybridized carbons (Fsp3) is 0.720. The number of halogens is 1. The highest BCUT2D eigenvalue weighted by Gasteiger charge is 2.51. The summed E-state index contributed by atoms with van der Waals surface area (Å²) in [5, 5.41) is 0. The number of piperazine rings is 1. The van der Waals surface area contributed by atoms with Crippen LogP contribution in [0.25, 0.3) is 0 Å². The van der Waals surface area contributed by atoms with Crippen molar-refractivity contribution in [3.05, 3.63) is 29.3 Å². The number of nitrogens with zero attached hydrogens (tertiary/aromatic N) is 2. The Bertz CT molecular complexity index is 761. The first-order valence-electron chi connectivity index (χ1n) is 11.7. The van der Waals surface area contributed by atoms with E-state index in [0.717, 1.165) is 54.2 Å². The third-order valence-corrected chi connectivity index (χ3v) is 8.48. The Hall–Kier alpha value is -0.820. The van der Waals surface area contributed by atoms with E-state index in [1.807, 2.05) is 4.90 Å². The van der Waals surface area contributed by atoms with Gasteiger partial charge in [0.25, 0.3) is 5.91 Å². The van der Waals surface area contributed by atoms with Crippen LogP contribution in [-0.4, -0.2) is 62.2 Å². The van der Waals surface area contributed by atoms with Gasteiger partial charge in [0.1, 0.15) is 5.75 Å². The second kappa shape index (κ2) is 8.27. The van der Waals surface area contributed by atoms with E-state index in [4.69, 9.17) is 4.74 Å². The molecule has 1 aromatic rings. The van der Waals surface area contributed by atoms with E-state index < -0.39 is 0 Å². The second-order valence-corrected chi connectivity index (χ2v) is 11.2. The lowest BCUT2D eigenvalue weighted by molar-refractivity contribution is -0.894. The minimum absolute atomic E-state index is 0. The zero-order valence-corrected chi connectivity index (χ0v) is 21.0. The average Bonchev–Trinajstić information content (AvgIpc) is 2.65. The Balaban J connectivity index is 0.00000218. The molecule has 5 fully saturated rings. The van der Waals surface area contributed by atoms with Crippen molar-refractivity contribution in [1.82, 2.24) is 4.90 Å². The lowest BCUT2D eigenvalue weighted by atomic mass is 9.48. The zero-order valence-electron chi connectivity index (χ0n) is 18.8. The number of benzene rings is 1. The second-order valence-electron chi connectivity index (χ2n) is 11.2. The summed E-state index contributed by atoms with van der Waals surface area (Å²) in [7, 11) is 4.46. The van der Waals surface area contributed by atoms with E-state index in [9.17, 15) is 4.79 Å². The quantitative estimate of drug-likeness (QED) is 0.430. The van der Waals surface area contributed by atoms with E-state index in [0.29, 0.717) is 5.41 Å². The van der Waals surface area contributed by atoms with Crippen molar-refractivity contribution in [3.63, 3.8) is 0 Å². The number of carbonyl (C=O) groups is 1. The van der Waals surface area contributed by atoms with Crippen molar-refractivity contribution in [2.45, 2.75) is 50.9 Å². The number of likely N-dealkylation sites (N-methyl/N-ethyl adjacent to an activating group) is 1. The monoisotopic (exact) mass is 524 g/mol. The van der Waals surface area contributed by atoms with Crippen LogP contribution in [0.5, 0.6) is 5.75 Å². The number of ether oxygens (including phenoxy) is 1. The van der Waals surface area contributed by atoms with Crippen molar-refractivity contribution >= 4 is 5.91 Å². The summed E-state index contributed by atoms with van der Waals surface area (Å²) >= 11 is 0. The van der Waals surface area contributed by atoms with Crippen LogP contribution in [-0.2, 0) is 10.2 Å². The van der Waals surface area contributed by atoms with Crippen molar-refractivity contribution in [3.8, 4) is 5.75 Å². The molecule has 0 unspecified atom stereocenters. The van der Waals surface area contributed by atoms with Gasteiger partial charge in [0.05, 0.1) is 40.3 Å². The van der Waals surface area contributed by atoms with Gasteiger partial charge in [0.15, 0.2) is 6.61 Å². The molecular weight excluding hydrogens is 487 g/mol. The summed E-state index contributed by atoms with van der Waals surface area (Å²) < 4.78 is 6.98. The smallest absolute Gasteiger partial charge is 0.260 e. The van der Waals surface area contributed by atoms with Crippen molar-refractivity contribution < 1.29 is 38.0 Å². The van der Waals surface area contributed by atoms with E-state index in [2.05, 4.69) is 39.2 Å². The van der Waals surface area contributed by atoms with E-state index in [1.165, 1.54) is 49.7 Å². The third kappa shape index (κ3) is 4.25. The van der Waals surface area contributed by atoms with Gasteiger partial charge in [-0.15, -0.1) is 0 Å². The first-order chi connectivity index (χ1) is 13.8. The molecule has 5 heteroatoms. The standard InChI is InChI=1S/C25H37N2O2.HI/c1-18-10-22(25-14-19-11-20(15-25)13-21(12-19)16-25)4-5-23(18)29-17-24(28)26-6-8-27(2,3)9-7-26;/h4-5,10,19-21H,6-9,11-17H2,1-3H3;1H/q+1;/p-1. The molecule has 4 aliphatic carbocycles. The molecule has 0 N–H and O–H groups in total. The van der Waals surface area contributed by atoms with Crippen molar-refractivity contribution in [2.24, 2.45) is 17.8 Å². The molecule has 6 rings (SSSR count). The van der Waals surface area contributed by atoms with E-state index in [1.54, 1.807) is 0 Å². The van der Waals surface area contributed by atoms with Crippen LogP contribution in [0.2, 0.25) is 0 Å². The van der Waals surface area contributed by atoms with Crippen LogP contribution in [0.4, 0.5) is 0 Å². The predicted octanol–water partition coefficient (Wildman–Crippen LogP) is 0.764. The van der Waals surface area contributed by atoms with Crippen LogP contribution in [0.1, 0.15) is 49.7 Å². The molecule has 0 spiro atoms. The molecule has 5 aliphatic rings. The van der Waals surface area contributed by atoms with Crippen LogP contribution >= 0.6 is 0 Å². The van der Waals surface area contributed by atoms with Gasteiger partial charge in [-0.2, -0.15) is 0 Å². The molecule has 4 saturated carbocycles. The lowest BCUT2D eigenvalue weighted by Crippen LogP contribution is -3.00. The molecule has 0 atom stereocenters. The summed E-state index contributed by atoms with van der Waals surface area (Å²) in [6.45, 7) is 6.00. The Morgan fingerprint density at radius 1 is 1.07 bits per heavy atom. The lowest BCUT2D eigenvalue weighted by Gasteiger charge is -2.57. The summed E-state index contributed by atoms with van der Waals surface area (Å²) in [5.41, 5.74) is 3.14. The molecular formula is C25H37IN2O2. The fourth-order valence-corrected chi connectivity index (χ4v) is 7.09. The van der Waals surface area contributed by atoms with Gasteiger partial charge in [-0.05, 0) is 85.8 Å². The Kier molecular flexibility index (Phi) is 6.17. The number of amides is 1. The number of rotatable bonds is 4. The van der Waals surface area contributed by atoms with Gasteiger partial charge >= 0.3 is 0 Å². The number of aryl methyl sites for hydroxylation is 1. The number of carbonyl (C=O) groups excluding carboxylic acids is 1. The molecule has 166 valence electrons. The van der Waals surface area contributed by atoms with Crippen LogP contribution < -0.4 is 28.7 Å². The molecule has 1 aliphatic heterocycles. The third-order valence-electron chi connectivity index (χ3n) is 8.48. The maximum absolute atomic E-state index is 12.6. The Labute approximate surface area is 198 Å². The first kappa shape index (κ1) is 22.4. The normalized spacial score (nSPS) is 33.8. The minimum atomic E-state index is 0. The van der Waals surface area contributed by atoms with Gasteiger partial charge in [-0.1, -0.05) is 12.1 Å². The number of hydrogen-bond acceptors (Lipinski definition) is 2. The fourth-order valence-electron chi connectivity index (χ4n) is 7.09. The largest absolute Gasteiger partial charge is 1.00 e. The highest BCUT2D eigenvalue weighted by molar-refractivity contribution is 5.77. The summed E-state index contributed by atoms with van der Waals surface area (Å²) in [5.74, 6) is 3.88. The Morgan fingerprint density at radius 3 is 2.17 bits per heavy atom. The maximum atomic E-state index is 12.6. The zero-order chi connectivity index (χ0) is 20.2. The van der Waals surface area contributed by atoms with Gasteiger partial charge in [-0.25, -0.2) is 0 Å². The van der Waals surface area contributed by atoms with Crippen molar-refractivity contribution in [1.29, 1.82) is 0 Å². The van der Waals surface area contributed by atoms with E-state index >= 15 is 0 Å². The van der Waals surface area contributed by atoms with Gasteiger partial charge in [0.2, 0.25) is 0 Å².